The van der Waals surface area contributed by atoms with Gasteiger partial charge < -0.3 is 15.2 Å². The molecule has 0 saturated heterocycles. The first-order chi connectivity index (χ1) is 23.1. The molecule has 2 aliphatic carbocycles. The van der Waals surface area contributed by atoms with Crippen molar-refractivity contribution in [1.82, 2.24) is 9.97 Å². The second-order valence-electron chi connectivity index (χ2n) is 14.4. The molecule has 2 fully saturated rings. The Hall–Kier alpha value is -3.20. The van der Waals surface area contributed by atoms with E-state index in [-0.39, 0.29) is 32.3 Å². The summed E-state index contributed by atoms with van der Waals surface area (Å²) in [5.74, 6) is 0.920. The second-order valence-corrected chi connectivity index (χ2v) is 14.4. The minimum Gasteiger partial charge on any atom is -0.393 e. The minimum absolute atomic E-state index is 0. The minimum atomic E-state index is -0.257. The van der Waals surface area contributed by atoms with Crippen molar-refractivity contribution >= 4 is 0 Å². The maximum atomic E-state index is 10.2. The Morgan fingerprint density at radius 1 is 0.755 bits per heavy atom. The summed E-state index contributed by atoms with van der Waals surface area (Å²) in [6.07, 6.45) is 14.3. The molecule has 49 heavy (non-hydrogen) atoms. The number of nitriles is 1. The Kier molecular flexibility index (Phi) is 14.3. The van der Waals surface area contributed by atoms with E-state index in [4.69, 9.17) is 9.97 Å². The zero-order valence-electron chi connectivity index (χ0n) is 29.9. The summed E-state index contributed by atoms with van der Waals surface area (Å²) in [6, 6.07) is 22.0. The molecule has 0 bridgehead atoms. The van der Waals surface area contributed by atoms with Crippen molar-refractivity contribution in [3.63, 3.8) is 0 Å². The fraction of sp³-hybridized carbons (Fsp3) is 0.465. The van der Waals surface area contributed by atoms with Gasteiger partial charge in [-0.05, 0) is 88.0 Å². The van der Waals surface area contributed by atoms with E-state index in [0.29, 0.717) is 23.8 Å². The van der Waals surface area contributed by atoms with Crippen LogP contribution in [0.4, 0.5) is 0 Å². The van der Waals surface area contributed by atoms with Crippen LogP contribution in [0, 0.1) is 63.9 Å². The number of aliphatic hydroxyl groups is 2. The van der Waals surface area contributed by atoms with Crippen molar-refractivity contribution in [1.29, 1.82) is 5.26 Å². The number of aryl methyl sites for hydroxylation is 5. The summed E-state index contributed by atoms with van der Waals surface area (Å²) in [4.78, 5) is 9.95. The third-order valence-electron chi connectivity index (χ3n) is 10.2. The molecule has 2 atom stereocenters. The Morgan fingerprint density at radius 3 is 1.86 bits per heavy atom. The molecule has 3 aromatic carbocycles. The van der Waals surface area contributed by atoms with Gasteiger partial charge in [0.1, 0.15) is 0 Å². The standard InChI is InChI=1S/C28H24N3.C15H28O2.Ir/c1-17-8-18(2)11-23(10-17)27-28(24-12-19(3)9-20(4)13-24)31-26(16-30-27)25-7-6-22(15-29)14-21(25)5;16-14(12-7-3-1-4-8-12)11-15(17)13-9-5-2-6-10-13;/h6-10,12-14,16H,1-5H3;12-17H,1-11H2;/q-1;;. The van der Waals surface area contributed by atoms with Crippen LogP contribution in [-0.4, -0.2) is 32.4 Å². The smallest absolute Gasteiger partial charge is 0.0991 e. The van der Waals surface area contributed by atoms with E-state index in [0.717, 1.165) is 44.9 Å². The second kappa shape index (κ2) is 18.2. The summed E-state index contributed by atoms with van der Waals surface area (Å²) < 4.78 is 0. The van der Waals surface area contributed by atoms with Gasteiger partial charge >= 0.3 is 0 Å². The van der Waals surface area contributed by atoms with Gasteiger partial charge in [0.15, 0.2) is 0 Å². The molecule has 0 spiro atoms. The normalized spacial score (nSPS) is 16.4. The average molecular weight is 835 g/mol. The van der Waals surface area contributed by atoms with E-state index in [1.165, 1.54) is 80.9 Å². The quantitative estimate of drug-likeness (QED) is 0.181. The van der Waals surface area contributed by atoms with Gasteiger partial charge in [-0.1, -0.05) is 87.8 Å². The third-order valence-corrected chi connectivity index (χ3v) is 10.2. The zero-order chi connectivity index (χ0) is 34.2. The van der Waals surface area contributed by atoms with Gasteiger partial charge in [0.2, 0.25) is 0 Å². The molecule has 6 heteroatoms. The van der Waals surface area contributed by atoms with E-state index in [1.807, 2.05) is 31.3 Å². The third kappa shape index (κ3) is 10.4. The van der Waals surface area contributed by atoms with Gasteiger partial charge in [-0.25, -0.2) is 0 Å². The summed E-state index contributed by atoms with van der Waals surface area (Å²) in [5.41, 5.74) is 11.7. The molecule has 1 heterocycles. The fourth-order valence-corrected chi connectivity index (χ4v) is 7.74. The van der Waals surface area contributed by atoms with E-state index >= 15 is 0 Å². The van der Waals surface area contributed by atoms with Crippen LogP contribution in [0.25, 0.3) is 33.8 Å². The number of aliphatic hydroxyl groups excluding tert-OH is 2. The van der Waals surface area contributed by atoms with Crippen molar-refractivity contribution < 1.29 is 30.3 Å². The number of rotatable bonds is 7. The molecule has 6 rings (SSSR count). The van der Waals surface area contributed by atoms with Crippen LogP contribution in [0.1, 0.15) is 104 Å². The molecule has 2 saturated carbocycles. The Bertz CT molecular complexity index is 1670. The van der Waals surface area contributed by atoms with Crippen LogP contribution in [0.2, 0.25) is 0 Å². The van der Waals surface area contributed by atoms with E-state index in [2.05, 4.69) is 70.2 Å². The van der Waals surface area contributed by atoms with E-state index in [1.54, 1.807) is 0 Å². The number of hydrogen-bond acceptors (Lipinski definition) is 5. The van der Waals surface area contributed by atoms with Gasteiger partial charge in [0, 0.05) is 37.6 Å². The van der Waals surface area contributed by atoms with Gasteiger partial charge in [-0.3, -0.25) is 4.98 Å². The molecule has 261 valence electrons. The van der Waals surface area contributed by atoms with Gasteiger partial charge in [0.05, 0.1) is 35.2 Å². The average Bonchev–Trinajstić information content (AvgIpc) is 3.08. The topological polar surface area (TPSA) is 90.0 Å². The van der Waals surface area contributed by atoms with Gasteiger partial charge in [0.25, 0.3) is 0 Å². The molecule has 1 radical (unpaired) electrons. The first kappa shape index (κ1) is 38.6. The maximum Gasteiger partial charge on any atom is 0.0991 e. The van der Waals surface area contributed by atoms with Crippen LogP contribution in [0.3, 0.4) is 0 Å². The molecule has 2 unspecified atom stereocenters. The van der Waals surface area contributed by atoms with Crippen molar-refractivity contribution in [3.05, 3.63) is 94.2 Å². The summed E-state index contributed by atoms with van der Waals surface area (Å²) in [7, 11) is 0. The number of aromatic nitrogens is 2. The number of hydrogen-bond donors (Lipinski definition) is 2. The maximum absolute atomic E-state index is 10.2. The van der Waals surface area contributed by atoms with Gasteiger partial charge in [-0.2, -0.15) is 5.26 Å². The van der Waals surface area contributed by atoms with Crippen molar-refractivity contribution in [3.8, 4) is 39.8 Å². The molecule has 2 N–H and O–H groups in total. The molecule has 0 aliphatic heterocycles. The fourth-order valence-electron chi connectivity index (χ4n) is 7.74. The van der Waals surface area contributed by atoms with Crippen LogP contribution in [-0.2, 0) is 20.1 Å². The summed E-state index contributed by atoms with van der Waals surface area (Å²) in [5, 5.41) is 29.6. The first-order valence-electron chi connectivity index (χ1n) is 17.9. The SMILES string of the molecule is Cc1[c-]c(-c2ncc(-c3ccc(C#N)cc3C)nc2-c2cc(C)cc(C)c2)cc(C)c1.OC(CC(O)C1CCCCC1)C1CCCCC1.[Ir]. The first-order valence-corrected chi connectivity index (χ1v) is 17.9. The molecular formula is C43H52IrN3O2-. The summed E-state index contributed by atoms with van der Waals surface area (Å²) in [6.45, 7) is 10.3. The van der Waals surface area contributed by atoms with Crippen molar-refractivity contribution in [2.24, 2.45) is 11.8 Å². The predicted molar refractivity (Wildman–Crippen MR) is 195 cm³/mol. The van der Waals surface area contributed by atoms with Crippen LogP contribution >= 0.6 is 0 Å². The number of nitrogens with zero attached hydrogens (tertiary/aromatic N) is 3. The molecule has 1 aromatic heterocycles. The zero-order valence-corrected chi connectivity index (χ0v) is 32.2. The van der Waals surface area contributed by atoms with Crippen molar-refractivity contribution in [2.75, 3.05) is 0 Å². The van der Waals surface area contributed by atoms with Crippen LogP contribution < -0.4 is 0 Å². The molecular weight excluding hydrogens is 783 g/mol. The van der Waals surface area contributed by atoms with Gasteiger partial charge in [-0.15, -0.1) is 34.9 Å². The largest absolute Gasteiger partial charge is 0.393 e. The van der Waals surface area contributed by atoms with Crippen LogP contribution in [0.5, 0.6) is 0 Å². The monoisotopic (exact) mass is 835 g/mol. The summed E-state index contributed by atoms with van der Waals surface area (Å²) >= 11 is 0. The van der Waals surface area contributed by atoms with E-state index in [9.17, 15) is 15.5 Å². The molecule has 0 amide bonds. The molecule has 4 aromatic rings. The Balaban J connectivity index is 0.000000255. The Labute approximate surface area is 307 Å². The molecule has 2 aliphatic rings. The van der Waals surface area contributed by atoms with Crippen molar-refractivity contribution in [2.45, 2.75) is 117 Å². The molecule has 5 nitrogen and oxygen atoms in total. The predicted octanol–water partition coefficient (Wildman–Crippen LogP) is 9.95. The van der Waals surface area contributed by atoms with Crippen LogP contribution in [0.15, 0.2) is 54.7 Å². The van der Waals surface area contributed by atoms with E-state index < -0.39 is 0 Å². The Morgan fingerprint density at radius 2 is 1.33 bits per heavy atom. The number of benzene rings is 3.